The van der Waals surface area contributed by atoms with E-state index in [0.29, 0.717) is 11.3 Å². The highest BCUT2D eigenvalue weighted by Gasteiger charge is 2.16. The van der Waals surface area contributed by atoms with Crippen molar-refractivity contribution >= 4 is 27.8 Å². The molecule has 0 heterocycles. The zero-order chi connectivity index (χ0) is 19.3. The summed E-state index contributed by atoms with van der Waals surface area (Å²) in [6.07, 6.45) is 1.23. The predicted octanol–water partition coefficient (Wildman–Crippen LogP) is 2.38. The van der Waals surface area contributed by atoms with Gasteiger partial charge in [-0.15, -0.1) is 0 Å². The lowest BCUT2D eigenvalue weighted by atomic mass is 10.2. The molecule has 0 radical (unpaired) electrons. The van der Waals surface area contributed by atoms with Crippen molar-refractivity contribution < 1.29 is 27.7 Å². The lowest BCUT2D eigenvalue weighted by Crippen LogP contribution is -2.18. The number of hydrazone groups is 1. The highest BCUT2D eigenvalue weighted by Crippen LogP contribution is 2.34. The van der Waals surface area contributed by atoms with E-state index < -0.39 is 10.0 Å². The minimum atomic E-state index is -3.92. The van der Waals surface area contributed by atoms with E-state index in [1.54, 1.807) is 0 Å². The van der Waals surface area contributed by atoms with Gasteiger partial charge in [0.05, 0.1) is 37.5 Å². The number of hydrogen-bond acceptors (Lipinski definition) is 7. The molecule has 2 rings (SSSR count). The van der Waals surface area contributed by atoms with Crippen LogP contribution in [-0.4, -0.2) is 41.1 Å². The molecule has 26 heavy (non-hydrogen) atoms. The van der Waals surface area contributed by atoms with Gasteiger partial charge in [-0.2, -0.15) is 13.5 Å². The van der Waals surface area contributed by atoms with E-state index >= 15 is 0 Å². The number of rotatable bonds is 7. The first kappa shape index (κ1) is 19.7. The molecule has 0 saturated heterocycles. The number of hydrogen-bond donors (Lipinski definition) is 2. The van der Waals surface area contributed by atoms with Crippen molar-refractivity contribution in [3.05, 3.63) is 40.9 Å². The van der Waals surface area contributed by atoms with Crippen LogP contribution < -0.4 is 19.0 Å². The van der Waals surface area contributed by atoms with E-state index in [2.05, 4.69) is 9.93 Å². The Morgan fingerprint density at radius 2 is 1.69 bits per heavy atom. The van der Waals surface area contributed by atoms with Crippen LogP contribution in [0.25, 0.3) is 0 Å². The second-order valence-electron chi connectivity index (χ2n) is 4.92. The number of halogens is 1. The van der Waals surface area contributed by atoms with Crippen LogP contribution in [0.1, 0.15) is 5.56 Å². The standard InChI is InChI=1S/C16H17ClN2O6S/c1-23-13-5-4-11(8-14(13)24-2)26(21,22)19-18-9-10-6-12(17)16(20)15(7-10)25-3/h4-9,19-20H,1-3H3/b18-9+. The summed E-state index contributed by atoms with van der Waals surface area (Å²) >= 11 is 5.87. The summed E-state index contributed by atoms with van der Waals surface area (Å²) < 4.78 is 39.8. The van der Waals surface area contributed by atoms with Crippen molar-refractivity contribution in [2.45, 2.75) is 4.90 Å². The molecule has 2 aromatic rings. The highest BCUT2D eigenvalue weighted by molar-refractivity contribution is 7.89. The fraction of sp³-hybridized carbons (Fsp3) is 0.188. The van der Waals surface area contributed by atoms with E-state index in [1.165, 1.54) is 57.9 Å². The molecule has 0 amide bonds. The van der Waals surface area contributed by atoms with Gasteiger partial charge >= 0.3 is 0 Å². The molecule has 140 valence electrons. The second kappa shape index (κ2) is 8.15. The van der Waals surface area contributed by atoms with E-state index in [-0.39, 0.29) is 27.2 Å². The Labute approximate surface area is 156 Å². The lowest BCUT2D eigenvalue weighted by molar-refractivity contribution is 0.354. The molecule has 10 heteroatoms. The first-order valence-electron chi connectivity index (χ1n) is 7.15. The van der Waals surface area contributed by atoms with Crippen LogP contribution >= 0.6 is 11.6 Å². The predicted molar refractivity (Wildman–Crippen MR) is 97.1 cm³/mol. The maximum absolute atomic E-state index is 12.3. The van der Waals surface area contributed by atoms with Crippen molar-refractivity contribution in [2.75, 3.05) is 21.3 Å². The molecule has 0 aliphatic heterocycles. The third-order valence-corrected chi connectivity index (χ3v) is 4.83. The summed E-state index contributed by atoms with van der Waals surface area (Å²) in [6, 6.07) is 7.02. The number of phenols is 1. The van der Waals surface area contributed by atoms with Gasteiger partial charge in [-0.25, -0.2) is 4.83 Å². The molecular weight excluding hydrogens is 384 g/mol. The molecule has 0 aromatic heterocycles. The Balaban J connectivity index is 2.23. The Bertz CT molecular complexity index is 931. The average molecular weight is 401 g/mol. The second-order valence-corrected chi connectivity index (χ2v) is 6.99. The molecule has 0 bridgehead atoms. The molecule has 8 nitrogen and oxygen atoms in total. The summed E-state index contributed by atoms with van der Waals surface area (Å²) in [5, 5.41) is 13.4. The quantitative estimate of drug-likeness (QED) is 0.546. The molecule has 0 fully saturated rings. The third kappa shape index (κ3) is 4.30. The SMILES string of the molecule is COc1ccc(S(=O)(=O)N/N=C/c2cc(Cl)c(O)c(OC)c2)cc1OC. The van der Waals surface area contributed by atoms with Crippen molar-refractivity contribution in [2.24, 2.45) is 5.10 Å². The summed E-state index contributed by atoms with van der Waals surface area (Å²) in [7, 11) is 0.303. The highest BCUT2D eigenvalue weighted by atomic mass is 35.5. The fourth-order valence-electron chi connectivity index (χ4n) is 2.03. The summed E-state index contributed by atoms with van der Waals surface area (Å²) in [5.41, 5.74) is 0.430. The Morgan fingerprint density at radius 1 is 1.04 bits per heavy atom. The Kier molecular flexibility index (Phi) is 6.17. The van der Waals surface area contributed by atoms with Gasteiger partial charge in [-0.1, -0.05) is 11.6 Å². The van der Waals surface area contributed by atoms with Crippen LogP contribution in [0.15, 0.2) is 40.3 Å². The van der Waals surface area contributed by atoms with Gasteiger partial charge in [-0.05, 0) is 29.8 Å². The summed E-state index contributed by atoms with van der Waals surface area (Å²) in [6.45, 7) is 0. The van der Waals surface area contributed by atoms with Gasteiger partial charge in [0.2, 0.25) is 0 Å². The van der Waals surface area contributed by atoms with Crippen molar-refractivity contribution in [1.82, 2.24) is 4.83 Å². The van der Waals surface area contributed by atoms with E-state index in [9.17, 15) is 13.5 Å². The van der Waals surface area contributed by atoms with Crippen molar-refractivity contribution in [3.63, 3.8) is 0 Å². The minimum absolute atomic E-state index is 0.0476. The molecule has 0 saturated carbocycles. The van der Waals surface area contributed by atoms with Crippen LogP contribution in [-0.2, 0) is 10.0 Å². The van der Waals surface area contributed by atoms with E-state index in [1.807, 2.05) is 0 Å². The smallest absolute Gasteiger partial charge is 0.276 e. The first-order chi connectivity index (χ1) is 12.3. The fourth-order valence-corrected chi connectivity index (χ4v) is 3.06. The minimum Gasteiger partial charge on any atom is -0.503 e. The number of phenolic OH excluding ortho intramolecular Hbond substituents is 1. The summed E-state index contributed by atoms with van der Waals surface area (Å²) in [5.74, 6) is 0.606. The molecule has 0 spiro atoms. The molecule has 2 aromatic carbocycles. The summed E-state index contributed by atoms with van der Waals surface area (Å²) in [4.78, 5) is 2.04. The van der Waals surface area contributed by atoms with Crippen LogP contribution in [0.3, 0.4) is 0 Å². The molecule has 2 N–H and O–H groups in total. The number of sulfonamides is 1. The third-order valence-electron chi connectivity index (χ3n) is 3.32. The number of aromatic hydroxyl groups is 1. The van der Waals surface area contributed by atoms with Gasteiger partial charge < -0.3 is 19.3 Å². The lowest BCUT2D eigenvalue weighted by Gasteiger charge is -2.09. The first-order valence-corrected chi connectivity index (χ1v) is 9.02. The topological polar surface area (TPSA) is 106 Å². The number of nitrogens with zero attached hydrogens (tertiary/aromatic N) is 1. The monoisotopic (exact) mass is 400 g/mol. The Hall–Kier alpha value is -2.65. The molecular formula is C16H17ClN2O6S. The van der Waals surface area contributed by atoms with E-state index in [4.69, 9.17) is 25.8 Å². The van der Waals surface area contributed by atoms with Gasteiger partial charge in [0.25, 0.3) is 10.0 Å². The number of ether oxygens (including phenoxy) is 3. The van der Waals surface area contributed by atoms with Gasteiger partial charge in [0, 0.05) is 6.07 Å². The zero-order valence-corrected chi connectivity index (χ0v) is 15.8. The largest absolute Gasteiger partial charge is 0.503 e. The number of benzene rings is 2. The Morgan fingerprint density at radius 3 is 2.31 bits per heavy atom. The van der Waals surface area contributed by atoms with Gasteiger partial charge in [-0.3, -0.25) is 0 Å². The number of methoxy groups -OCH3 is 3. The van der Waals surface area contributed by atoms with E-state index in [0.717, 1.165) is 0 Å². The maximum Gasteiger partial charge on any atom is 0.276 e. The van der Waals surface area contributed by atoms with Crippen LogP contribution in [0.5, 0.6) is 23.0 Å². The molecule has 0 aliphatic carbocycles. The molecule has 0 aliphatic rings. The average Bonchev–Trinajstić information content (AvgIpc) is 2.63. The van der Waals surface area contributed by atoms with Gasteiger partial charge in [0.15, 0.2) is 23.0 Å². The van der Waals surface area contributed by atoms with Crippen LogP contribution in [0.2, 0.25) is 5.02 Å². The van der Waals surface area contributed by atoms with Gasteiger partial charge in [0.1, 0.15) is 0 Å². The molecule has 0 unspecified atom stereocenters. The zero-order valence-electron chi connectivity index (χ0n) is 14.2. The van der Waals surface area contributed by atoms with Crippen molar-refractivity contribution in [3.8, 4) is 23.0 Å². The molecule has 0 atom stereocenters. The van der Waals surface area contributed by atoms with Crippen molar-refractivity contribution in [1.29, 1.82) is 0 Å². The van der Waals surface area contributed by atoms with Crippen LogP contribution in [0, 0.1) is 0 Å². The number of nitrogens with one attached hydrogen (secondary N) is 1. The maximum atomic E-state index is 12.3. The van der Waals surface area contributed by atoms with Crippen LogP contribution in [0.4, 0.5) is 0 Å². The normalized spacial score (nSPS) is 11.4.